The van der Waals surface area contributed by atoms with Gasteiger partial charge in [0.2, 0.25) is 5.91 Å². The Morgan fingerprint density at radius 3 is 2.86 bits per heavy atom. The van der Waals surface area contributed by atoms with E-state index in [2.05, 4.69) is 15.5 Å². The van der Waals surface area contributed by atoms with Gasteiger partial charge in [-0.1, -0.05) is 35.0 Å². The number of amidine groups is 1. The highest BCUT2D eigenvalue weighted by atomic mass is 35.5. The van der Waals surface area contributed by atoms with Gasteiger partial charge in [0, 0.05) is 0 Å². The Morgan fingerprint density at radius 2 is 2.23 bits per heavy atom. The lowest BCUT2D eigenvalue weighted by atomic mass is 10.2. The third-order valence-corrected chi connectivity index (χ3v) is 4.35. The van der Waals surface area contributed by atoms with Crippen molar-refractivity contribution in [3.8, 4) is 0 Å². The minimum atomic E-state index is -1.08. The number of benzene rings is 1. The van der Waals surface area contributed by atoms with Crippen LogP contribution in [0.1, 0.15) is 12.0 Å². The molecule has 0 bridgehead atoms. The van der Waals surface area contributed by atoms with Gasteiger partial charge in [-0.15, -0.1) is 5.10 Å². The number of thioether (sulfide) groups is 1. The van der Waals surface area contributed by atoms with Crippen LogP contribution in [-0.2, 0) is 9.59 Å². The maximum Gasteiger partial charge on any atom is 0.305 e. The van der Waals surface area contributed by atoms with Crippen LogP contribution in [0.2, 0.25) is 10.0 Å². The molecule has 22 heavy (non-hydrogen) atoms. The second-order valence-electron chi connectivity index (χ2n) is 4.14. The zero-order valence-electron chi connectivity index (χ0n) is 10.7. The van der Waals surface area contributed by atoms with E-state index in [0.29, 0.717) is 5.56 Å². The summed E-state index contributed by atoms with van der Waals surface area (Å²) in [5.74, 6) is -2.21. The van der Waals surface area contributed by atoms with Crippen molar-refractivity contribution in [1.82, 2.24) is 5.32 Å². The zero-order chi connectivity index (χ0) is 16.3. The Labute approximate surface area is 138 Å². The third-order valence-electron chi connectivity index (χ3n) is 2.50. The van der Waals surface area contributed by atoms with Gasteiger partial charge in [-0.3, -0.25) is 9.59 Å². The van der Waals surface area contributed by atoms with Crippen molar-refractivity contribution in [2.24, 2.45) is 10.2 Å². The second-order valence-corrected chi connectivity index (χ2v) is 6.12. The van der Waals surface area contributed by atoms with E-state index in [1.807, 2.05) is 0 Å². The van der Waals surface area contributed by atoms with E-state index in [0.717, 1.165) is 17.8 Å². The van der Waals surface area contributed by atoms with E-state index < -0.39 is 22.9 Å². The summed E-state index contributed by atoms with van der Waals surface area (Å²) in [5, 5.41) is 17.8. The molecule has 2 N–H and O–H groups in total. The summed E-state index contributed by atoms with van der Waals surface area (Å²) in [6, 6.07) is 2.54. The third kappa shape index (κ3) is 4.19. The lowest BCUT2D eigenvalue weighted by molar-refractivity contribution is -0.138. The van der Waals surface area contributed by atoms with Gasteiger partial charge in [0.25, 0.3) is 0 Å². The van der Waals surface area contributed by atoms with Gasteiger partial charge < -0.3 is 10.4 Å². The number of amides is 1. The van der Waals surface area contributed by atoms with Crippen LogP contribution in [0.4, 0.5) is 4.39 Å². The average molecular weight is 364 g/mol. The number of nitrogens with one attached hydrogen (secondary N) is 1. The molecule has 0 radical (unpaired) electrons. The molecule has 0 aromatic heterocycles. The molecule has 1 amide bonds. The molecule has 0 saturated carbocycles. The first-order valence-electron chi connectivity index (χ1n) is 5.81. The van der Waals surface area contributed by atoms with E-state index in [-0.39, 0.29) is 21.6 Å². The topological polar surface area (TPSA) is 91.1 Å². The molecule has 1 heterocycles. The van der Waals surface area contributed by atoms with Crippen molar-refractivity contribution in [2.75, 3.05) is 0 Å². The number of carbonyl (C=O) groups is 2. The van der Waals surface area contributed by atoms with Gasteiger partial charge in [0.05, 0.1) is 22.7 Å². The Kier molecular flexibility index (Phi) is 5.38. The van der Waals surface area contributed by atoms with Gasteiger partial charge in [-0.2, -0.15) is 5.10 Å². The second kappa shape index (κ2) is 7.08. The number of hydrogen-bond acceptors (Lipinski definition) is 5. The Morgan fingerprint density at radius 1 is 1.50 bits per heavy atom. The number of carbonyl (C=O) groups excluding carboxylic acids is 1. The van der Waals surface area contributed by atoms with Crippen molar-refractivity contribution < 1.29 is 19.1 Å². The first-order chi connectivity index (χ1) is 10.4. The van der Waals surface area contributed by atoms with Gasteiger partial charge in [-0.25, -0.2) is 4.39 Å². The van der Waals surface area contributed by atoms with E-state index in [9.17, 15) is 14.0 Å². The largest absolute Gasteiger partial charge is 0.481 e. The summed E-state index contributed by atoms with van der Waals surface area (Å²) in [5.41, 5.74) is 0.340. The summed E-state index contributed by atoms with van der Waals surface area (Å²) in [7, 11) is 0. The SMILES string of the molecule is O=C(O)CC1SC(=NN=Cc2cc(F)c(Cl)c(Cl)c2)NC1=O. The number of aliphatic carboxylic acids is 1. The van der Waals surface area contributed by atoms with E-state index in [1.54, 1.807) is 0 Å². The molecule has 1 saturated heterocycles. The molecular formula is C12H8Cl2FN3O3S. The zero-order valence-corrected chi connectivity index (χ0v) is 13.0. The molecular weight excluding hydrogens is 356 g/mol. The highest BCUT2D eigenvalue weighted by Crippen LogP contribution is 2.26. The lowest BCUT2D eigenvalue weighted by Gasteiger charge is -1.99. The van der Waals surface area contributed by atoms with Crippen LogP contribution < -0.4 is 5.32 Å². The number of carboxylic acid groups (broad SMARTS) is 1. The number of halogens is 3. The molecule has 6 nitrogen and oxygen atoms in total. The number of nitrogens with zero attached hydrogens (tertiary/aromatic N) is 2. The van der Waals surface area contributed by atoms with E-state index >= 15 is 0 Å². The average Bonchev–Trinajstić information content (AvgIpc) is 2.75. The van der Waals surface area contributed by atoms with Gasteiger partial charge in [0.15, 0.2) is 5.17 Å². The molecule has 2 rings (SSSR count). The van der Waals surface area contributed by atoms with Crippen LogP contribution in [0, 0.1) is 5.82 Å². The van der Waals surface area contributed by atoms with Crippen molar-refractivity contribution in [3.63, 3.8) is 0 Å². The Bertz CT molecular complexity index is 673. The van der Waals surface area contributed by atoms with Crippen LogP contribution >= 0.6 is 35.0 Å². The molecule has 1 aromatic rings. The molecule has 1 atom stereocenters. The fourth-order valence-corrected chi connectivity index (χ4v) is 2.78. The first-order valence-corrected chi connectivity index (χ1v) is 7.45. The lowest BCUT2D eigenvalue weighted by Crippen LogP contribution is -2.26. The molecule has 10 heteroatoms. The Balaban J connectivity index is 2.06. The standard InChI is InChI=1S/C12H8Cl2FN3O3S/c13-6-1-5(2-7(15)10(6)14)4-16-18-12-17-11(21)8(22-12)3-9(19)20/h1-2,4,8H,3H2,(H,19,20)(H,17,18,21). The summed E-state index contributed by atoms with van der Waals surface area (Å²) >= 11 is 12.3. The minimum absolute atomic E-state index is 0.0424. The van der Waals surface area contributed by atoms with Gasteiger partial charge in [0.1, 0.15) is 11.1 Å². The minimum Gasteiger partial charge on any atom is -0.481 e. The highest BCUT2D eigenvalue weighted by molar-refractivity contribution is 8.15. The fraction of sp³-hybridized carbons (Fsp3) is 0.167. The first kappa shape index (κ1) is 16.7. The molecule has 1 aliphatic rings. The molecule has 1 fully saturated rings. The fourth-order valence-electron chi connectivity index (χ4n) is 1.54. The molecule has 1 unspecified atom stereocenters. The summed E-state index contributed by atoms with van der Waals surface area (Å²) in [4.78, 5) is 22.0. The van der Waals surface area contributed by atoms with Gasteiger partial charge in [-0.05, 0) is 17.7 Å². The predicted octanol–water partition coefficient (Wildman–Crippen LogP) is 2.53. The van der Waals surface area contributed by atoms with E-state index in [1.165, 1.54) is 12.3 Å². The van der Waals surface area contributed by atoms with Gasteiger partial charge >= 0.3 is 5.97 Å². The quantitative estimate of drug-likeness (QED) is 0.488. The normalized spacial score (nSPS) is 19.9. The molecule has 0 spiro atoms. The van der Waals surface area contributed by atoms with Crippen LogP contribution in [0.15, 0.2) is 22.3 Å². The van der Waals surface area contributed by atoms with Crippen molar-refractivity contribution in [1.29, 1.82) is 0 Å². The number of carboxylic acids is 1. The van der Waals surface area contributed by atoms with Crippen molar-refractivity contribution in [3.05, 3.63) is 33.6 Å². The summed E-state index contributed by atoms with van der Waals surface area (Å²) in [6.07, 6.45) is 0.923. The maximum atomic E-state index is 13.4. The van der Waals surface area contributed by atoms with Crippen LogP contribution in [0.5, 0.6) is 0 Å². The monoisotopic (exact) mass is 363 g/mol. The molecule has 1 aromatic carbocycles. The molecule has 116 valence electrons. The van der Waals surface area contributed by atoms with Crippen molar-refractivity contribution in [2.45, 2.75) is 11.7 Å². The number of rotatable bonds is 4. The smallest absolute Gasteiger partial charge is 0.305 e. The van der Waals surface area contributed by atoms with E-state index in [4.69, 9.17) is 28.3 Å². The Hall–Kier alpha value is -1.64. The highest BCUT2D eigenvalue weighted by Gasteiger charge is 2.32. The molecule has 1 aliphatic heterocycles. The van der Waals surface area contributed by atoms with Crippen LogP contribution in [-0.4, -0.2) is 33.6 Å². The molecule has 0 aliphatic carbocycles. The number of hydrogen-bond donors (Lipinski definition) is 2. The predicted molar refractivity (Wildman–Crippen MR) is 83.2 cm³/mol. The van der Waals surface area contributed by atoms with Crippen LogP contribution in [0.3, 0.4) is 0 Å². The van der Waals surface area contributed by atoms with Crippen LogP contribution in [0.25, 0.3) is 0 Å². The summed E-state index contributed by atoms with van der Waals surface area (Å²) in [6.45, 7) is 0. The van der Waals surface area contributed by atoms with Crippen molar-refractivity contribution >= 4 is 58.2 Å². The maximum absolute atomic E-state index is 13.4. The summed E-state index contributed by atoms with van der Waals surface area (Å²) < 4.78 is 13.4.